The topological polar surface area (TPSA) is 38.7 Å². The number of ether oxygens (including phenoxy) is 2. The Morgan fingerprint density at radius 1 is 1.25 bits per heavy atom. The third kappa shape index (κ3) is 3.22. The first-order chi connectivity index (χ1) is 7.72. The molecule has 2 atom stereocenters. The number of hydrogen-bond acceptors (Lipinski definition) is 3. The van der Waals surface area contributed by atoms with Crippen LogP contribution in [-0.4, -0.2) is 31.5 Å². The standard InChI is InChI=1S/C13H20O3/c1-4-12(15-2)11(14)9-10-7-5-6-8-13(10)16-3/h5-8,11-12,14H,4,9H2,1-3H3. The summed E-state index contributed by atoms with van der Waals surface area (Å²) in [7, 11) is 3.26. The lowest BCUT2D eigenvalue weighted by Gasteiger charge is -2.20. The maximum Gasteiger partial charge on any atom is 0.122 e. The van der Waals surface area contributed by atoms with Gasteiger partial charge in [0.05, 0.1) is 19.3 Å². The predicted octanol–water partition coefficient (Wildman–Crippen LogP) is 2.02. The van der Waals surface area contributed by atoms with Crippen molar-refractivity contribution in [3.05, 3.63) is 29.8 Å². The number of methoxy groups -OCH3 is 2. The van der Waals surface area contributed by atoms with Crippen LogP contribution >= 0.6 is 0 Å². The smallest absolute Gasteiger partial charge is 0.122 e. The summed E-state index contributed by atoms with van der Waals surface area (Å²) in [6.45, 7) is 2.00. The molecule has 0 aromatic heterocycles. The minimum atomic E-state index is -0.494. The Hall–Kier alpha value is -1.06. The van der Waals surface area contributed by atoms with Crippen LogP contribution in [0.3, 0.4) is 0 Å². The number of hydrogen-bond donors (Lipinski definition) is 1. The van der Waals surface area contributed by atoms with Gasteiger partial charge < -0.3 is 14.6 Å². The summed E-state index contributed by atoms with van der Waals surface area (Å²) < 4.78 is 10.5. The number of para-hydroxylation sites is 1. The van der Waals surface area contributed by atoms with Gasteiger partial charge in [-0.3, -0.25) is 0 Å². The van der Waals surface area contributed by atoms with Gasteiger partial charge in [-0.25, -0.2) is 0 Å². The van der Waals surface area contributed by atoms with Gasteiger partial charge in [0.15, 0.2) is 0 Å². The lowest BCUT2D eigenvalue weighted by molar-refractivity contribution is -0.0130. The summed E-state index contributed by atoms with van der Waals surface area (Å²) in [5.41, 5.74) is 1.01. The number of aliphatic hydroxyl groups excluding tert-OH is 1. The average molecular weight is 224 g/mol. The van der Waals surface area contributed by atoms with Crippen LogP contribution in [0.4, 0.5) is 0 Å². The van der Waals surface area contributed by atoms with Crippen molar-refractivity contribution in [3.63, 3.8) is 0 Å². The molecule has 3 heteroatoms. The monoisotopic (exact) mass is 224 g/mol. The molecule has 0 amide bonds. The molecule has 0 saturated heterocycles. The lowest BCUT2D eigenvalue weighted by atomic mass is 10.0. The summed E-state index contributed by atoms with van der Waals surface area (Å²) >= 11 is 0. The lowest BCUT2D eigenvalue weighted by Crippen LogP contribution is -2.29. The second-order valence-electron chi connectivity index (χ2n) is 3.77. The molecule has 0 spiro atoms. The van der Waals surface area contributed by atoms with E-state index in [9.17, 15) is 5.11 Å². The molecule has 0 fully saturated rings. The summed E-state index contributed by atoms with van der Waals surface area (Å²) in [6, 6.07) is 7.72. The summed E-state index contributed by atoms with van der Waals surface area (Å²) in [5.74, 6) is 0.813. The van der Waals surface area contributed by atoms with Gasteiger partial charge in [0, 0.05) is 13.5 Å². The van der Waals surface area contributed by atoms with Crippen molar-refractivity contribution in [2.24, 2.45) is 0 Å². The van der Waals surface area contributed by atoms with Crippen molar-refractivity contribution >= 4 is 0 Å². The molecule has 0 heterocycles. The fourth-order valence-corrected chi connectivity index (χ4v) is 1.82. The molecule has 1 aromatic rings. The van der Waals surface area contributed by atoms with E-state index >= 15 is 0 Å². The highest BCUT2D eigenvalue weighted by atomic mass is 16.5. The van der Waals surface area contributed by atoms with Crippen LogP contribution in [0.25, 0.3) is 0 Å². The Morgan fingerprint density at radius 2 is 1.94 bits per heavy atom. The normalized spacial score (nSPS) is 14.5. The fraction of sp³-hybridized carbons (Fsp3) is 0.538. The molecule has 1 rings (SSSR count). The Bertz CT molecular complexity index is 308. The van der Waals surface area contributed by atoms with Gasteiger partial charge >= 0.3 is 0 Å². The second-order valence-corrected chi connectivity index (χ2v) is 3.77. The minimum absolute atomic E-state index is 0.120. The third-order valence-corrected chi connectivity index (χ3v) is 2.76. The zero-order chi connectivity index (χ0) is 12.0. The van der Waals surface area contributed by atoms with Crippen LogP contribution in [0.1, 0.15) is 18.9 Å². The highest BCUT2D eigenvalue weighted by molar-refractivity contribution is 5.33. The molecule has 0 aliphatic rings. The summed E-state index contributed by atoms with van der Waals surface area (Å²) in [6.07, 6.45) is 0.736. The number of aliphatic hydroxyl groups is 1. The third-order valence-electron chi connectivity index (χ3n) is 2.76. The van der Waals surface area contributed by atoms with E-state index in [0.29, 0.717) is 6.42 Å². The van der Waals surface area contributed by atoms with E-state index in [1.807, 2.05) is 31.2 Å². The Kier molecular flexibility index (Phi) is 5.29. The van der Waals surface area contributed by atoms with Gasteiger partial charge in [-0.2, -0.15) is 0 Å². The van der Waals surface area contributed by atoms with Crippen LogP contribution in [-0.2, 0) is 11.2 Å². The highest BCUT2D eigenvalue weighted by Crippen LogP contribution is 2.20. The SMILES string of the molecule is CCC(OC)C(O)Cc1ccccc1OC. The summed E-state index contributed by atoms with van der Waals surface area (Å²) in [5, 5.41) is 10.0. The van der Waals surface area contributed by atoms with E-state index < -0.39 is 6.10 Å². The zero-order valence-electron chi connectivity index (χ0n) is 10.1. The molecular formula is C13H20O3. The molecular weight excluding hydrogens is 204 g/mol. The van der Waals surface area contributed by atoms with Crippen molar-refractivity contribution in [1.82, 2.24) is 0 Å². The van der Waals surface area contributed by atoms with E-state index in [4.69, 9.17) is 9.47 Å². The van der Waals surface area contributed by atoms with Crippen LogP contribution in [0.15, 0.2) is 24.3 Å². The first kappa shape index (κ1) is 13.0. The molecule has 3 nitrogen and oxygen atoms in total. The molecule has 0 saturated carbocycles. The molecule has 0 bridgehead atoms. The molecule has 2 unspecified atom stereocenters. The first-order valence-corrected chi connectivity index (χ1v) is 5.55. The van der Waals surface area contributed by atoms with Crippen molar-refractivity contribution in [3.8, 4) is 5.75 Å². The second kappa shape index (κ2) is 6.51. The molecule has 90 valence electrons. The molecule has 0 aliphatic heterocycles. The van der Waals surface area contributed by atoms with Crippen LogP contribution in [0.5, 0.6) is 5.75 Å². The van der Waals surface area contributed by atoms with E-state index in [1.54, 1.807) is 14.2 Å². The van der Waals surface area contributed by atoms with E-state index in [-0.39, 0.29) is 6.10 Å². The Balaban J connectivity index is 2.71. The first-order valence-electron chi connectivity index (χ1n) is 5.55. The quantitative estimate of drug-likeness (QED) is 0.803. The molecule has 16 heavy (non-hydrogen) atoms. The van der Waals surface area contributed by atoms with Crippen LogP contribution in [0.2, 0.25) is 0 Å². The average Bonchev–Trinajstić information content (AvgIpc) is 2.31. The van der Waals surface area contributed by atoms with Gasteiger partial charge in [0.25, 0.3) is 0 Å². The van der Waals surface area contributed by atoms with Gasteiger partial charge in [-0.1, -0.05) is 25.1 Å². The van der Waals surface area contributed by atoms with Crippen LogP contribution in [0, 0.1) is 0 Å². The molecule has 1 N–H and O–H groups in total. The van der Waals surface area contributed by atoms with Crippen molar-refractivity contribution in [2.45, 2.75) is 32.0 Å². The van der Waals surface area contributed by atoms with E-state index in [1.165, 1.54) is 0 Å². The highest BCUT2D eigenvalue weighted by Gasteiger charge is 2.18. The maximum atomic E-state index is 10.0. The fourth-order valence-electron chi connectivity index (χ4n) is 1.82. The van der Waals surface area contributed by atoms with Gasteiger partial charge in [0.1, 0.15) is 5.75 Å². The van der Waals surface area contributed by atoms with E-state index in [2.05, 4.69) is 0 Å². The zero-order valence-corrected chi connectivity index (χ0v) is 10.1. The predicted molar refractivity (Wildman–Crippen MR) is 63.8 cm³/mol. The number of rotatable bonds is 6. The van der Waals surface area contributed by atoms with Gasteiger partial charge in [-0.15, -0.1) is 0 Å². The van der Waals surface area contributed by atoms with E-state index in [0.717, 1.165) is 17.7 Å². The summed E-state index contributed by atoms with van der Waals surface area (Å²) in [4.78, 5) is 0. The van der Waals surface area contributed by atoms with Crippen LogP contribution < -0.4 is 4.74 Å². The molecule has 0 radical (unpaired) electrons. The van der Waals surface area contributed by atoms with Gasteiger partial charge in [-0.05, 0) is 18.1 Å². The van der Waals surface area contributed by atoms with Gasteiger partial charge in [0.2, 0.25) is 0 Å². The number of benzene rings is 1. The van der Waals surface area contributed by atoms with Crippen molar-refractivity contribution in [2.75, 3.05) is 14.2 Å². The molecule has 1 aromatic carbocycles. The van der Waals surface area contributed by atoms with Crippen molar-refractivity contribution < 1.29 is 14.6 Å². The largest absolute Gasteiger partial charge is 0.496 e. The minimum Gasteiger partial charge on any atom is -0.496 e. The Morgan fingerprint density at radius 3 is 2.50 bits per heavy atom. The maximum absolute atomic E-state index is 10.0. The van der Waals surface area contributed by atoms with Crippen molar-refractivity contribution in [1.29, 1.82) is 0 Å². The molecule has 0 aliphatic carbocycles. The Labute approximate surface area is 97.0 Å².